The van der Waals surface area contributed by atoms with Crippen molar-refractivity contribution >= 4 is 17.6 Å². The van der Waals surface area contributed by atoms with Crippen molar-refractivity contribution in [2.45, 2.75) is 33.6 Å². The van der Waals surface area contributed by atoms with E-state index in [9.17, 15) is 14.7 Å². The van der Waals surface area contributed by atoms with E-state index in [2.05, 4.69) is 15.3 Å². The Hall–Kier alpha value is -2.18. The van der Waals surface area contributed by atoms with Crippen LogP contribution in [-0.2, 0) is 4.79 Å². The average molecular weight is 280 g/mol. The van der Waals surface area contributed by atoms with E-state index in [1.807, 2.05) is 13.8 Å². The molecule has 0 aliphatic carbocycles. The van der Waals surface area contributed by atoms with Crippen molar-refractivity contribution in [3.63, 3.8) is 0 Å². The first kappa shape index (κ1) is 15.9. The molecule has 1 amide bonds. The Morgan fingerprint density at radius 3 is 2.50 bits per heavy atom. The van der Waals surface area contributed by atoms with Crippen LogP contribution in [0.25, 0.3) is 0 Å². The summed E-state index contributed by atoms with van der Waals surface area (Å²) < 4.78 is 0. The molecular weight excluding hydrogens is 260 g/mol. The second kappa shape index (κ2) is 5.85. The Kier molecular flexibility index (Phi) is 4.65. The molecule has 0 spiro atoms. The van der Waals surface area contributed by atoms with E-state index < -0.39 is 17.3 Å². The number of hydrogen-bond donors (Lipinski definition) is 3. The number of nitrogens with zero attached hydrogens (tertiary/aromatic N) is 2. The van der Waals surface area contributed by atoms with Gasteiger partial charge in [-0.05, 0) is 13.8 Å². The molecule has 1 heterocycles. The monoisotopic (exact) mass is 280 g/mol. The molecule has 20 heavy (non-hydrogen) atoms. The minimum Gasteiger partial charge on any atom is -0.476 e. The number of nitrogens with one attached hydrogen (secondary N) is 1. The molecule has 4 N–H and O–H groups in total. The summed E-state index contributed by atoms with van der Waals surface area (Å²) in [4.78, 5) is 30.6. The molecule has 0 saturated heterocycles. The number of anilines is 1. The number of amides is 1. The van der Waals surface area contributed by atoms with E-state index in [1.54, 1.807) is 13.8 Å². The topological polar surface area (TPSA) is 118 Å². The Bertz CT molecular complexity index is 526. The number of carboxylic acid groups (broad SMARTS) is 1. The summed E-state index contributed by atoms with van der Waals surface area (Å²) in [6.07, 6.45) is 1.42. The molecule has 7 nitrogen and oxygen atoms in total. The van der Waals surface area contributed by atoms with Crippen LogP contribution < -0.4 is 11.1 Å². The van der Waals surface area contributed by atoms with Gasteiger partial charge < -0.3 is 16.2 Å². The van der Waals surface area contributed by atoms with Crippen molar-refractivity contribution in [1.82, 2.24) is 9.97 Å². The van der Waals surface area contributed by atoms with Gasteiger partial charge in [0.05, 0.1) is 17.3 Å². The number of carboxylic acids is 1. The summed E-state index contributed by atoms with van der Waals surface area (Å²) in [5.41, 5.74) is 4.64. The number of carbonyl (C=O) groups excluding carboxylic acids is 1. The quantitative estimate of drug-likeness (QED) is 0.721. The maximum Gasteiger partial charge on any atom is 0.356 e. The van der Waals surface area contributed by atoms with Gasteiger partial charge in [0.2, 0.25) is 5.91 Å². The zero-order chi connectivity index (χ0) is 15.5. The summed E-state index contributed by atoms with van der Waals surface area (Å²) in [7, 11) is 0. The fourth-order valence-electron chi connectivity index (χ4n) is 1.37. The van der Waals surface area contributed by atoms with Crippen LogP contribution in [-0.4, -0.2) is 33.5 Å². The number of rotatable bonds is 6. The van der Waals surface area contributed by atoms with E-state index in [-0.39, 0.29) is 23.8 Å². The molecule has 0 radical (unpaired) electrons. The van der Waals surface area contributed by atoms with E-state index in [0.29, 0.717) is 5.82 Å². The molecule has 0 bridgehead atoms. The van der Waals surface area contributed by atoms with Crippen molar-refractivity contribution < 1.29 is 14.7 Å². The number of aromatic nitrogens is 2. The van der Waals surface area contributed by atoms with E-state index in [0.717, 1.165) is 0 Å². The van der Waals surface area contributed by atoms with Crippen molar-refractivity contribution in [3.8, 4) is 0 Å². The minimum absolute atomic E-state index is 0.0317. The van der Waals surface area contributed by atoms with Gasteiger partial charge in [-0.25, -0.2) is 14.8 Å². The average Bonchev–Trinajstić information content (AvgIpc) is 2.35. The van der Waals surface area contributed by atoms with Crippen molar-refractivity contribution in [1.29, 1.82) is 0 Å². The lowest BCUT2D eigenvalue weighted by Gasteiger charge is -2.22. The predicted octanol–water partition coefficient (Wildman–Crippen LogP) is 1.22. The summed E-state index contributed by atoms with van der Waals surface area (Å²) in [6.45, 7) is 7.31. The second-order valence-electron chi connectivity index (χ2n) is 5.55. The molecular formula is C13H20N4O3. The van der Waals surface area contributed by atoms with Crippen LogP contribution >= 0.6 is 0 Å². The summed E-state index contributed by atoms with van der Waals surface area (Å²) in [5, 5.41) is 12.1. The van der Waals surface area contributed by atoms with Crippen LogP contribution in [0.15, 0.2) is 6.20 Å². The first-order chi connectivity index (χ1) is 9.15. The predicted molar refractivity (Wildman–Crippen MR) is 74.5 cm³/mol. The highest BCUT2D eigenvalue weighted by molar-refractivity contribution is 5.91. The number of aromatic carboxylic acids is 1. The van der Waals surface area contributed by atoms with Gasteiger partial charge in [0, 0.05) is 12.5 Å². The first-order valence-electron chi connectivity index (χ1n) is 6.29. The largest absolute Gasteiger partial charge is 0.476 e. The highest BCUT2D eigenvalue weighted by Gasteiger charge is 2.26. The molecule has 0 unspecified atom stereocenters. The molecule has 1 aromatic rings. The van der Waals surface area contributed by atoms with E-state index in [1.165, 1.54) is 6.20 Å². The van der Waals surface area contributed by atoms with Gasteiger partial charge in [-0.2, -0.15) is 0 Å². The summed E-state index contributed by atoms with van der Waals surface area (Å²) in [5.74, 6) is -1.12. The Morgan fingerprint density at radius 1 is 1.45 bits per heavy atom. The minimum atomic E-state index is -1.14. The van der Waals surface area contributed by atoms with E-state index in [4.69, 9.17) is 5.73 Å². The van der Waals surface area contributed by atoms with Crippen molar-refractivity contribution in [2.24, 2.45) is 11.1 Å². The van der Waals surface area contributed by atoms with Crippen LogP contribution in [0.4, 0.5) is 5.69 Å². The molecule has 0 atom stereocenters. The van der Waals surface area contributed by atoms with Crippen LogP contribution in [0.5, 0.6) is 0 Å². The van der Waals surface area contributed by atoms with Gasteiger partial charge in [0.1, 0.15) is 5.82 Å². The molecule has 7 heteroatoms. The fourth-order valence-corrected chi connectivity index (χ4v) is 1.37. The molecule has 0 aliphatic heterocycles. The summed E-state index contributed by atoms with van der Waals surface area (Å²) >= 11 is 0. The second-order valence-corrected chi connectivity index (χ2v) is 5.55. The number of primary amides is 1. The van der Waals surface area contributed by atoms with Gasteiger partial charge in [0.25, 0.3) is 0 Å². The first-order valence-corrected chi connectivity index (χ1v) is 6.29. The van der Waals surface area contributed by atoms with Gasteiger partial charge in [-0.1, -0.05) is 13.8 Å². The molecule has 0 saturated carbocycles. The van der Waals surface area contributed by atoms with Gasteiger partial charge >= 0.3 is 5.97 Å². The molecule has 0 aliphatic rings. The normalized spacial score (nSPS) is 11.4. The maximum absolute atomic E-state index is 11.2. The lowest BCUT2D eigenvalue weighted by Crippen LogP contribution is -2.37. The van der Waals surface area contributed by atoms with Crippen molar-refractivity contribution in [3.05, 3.63) is 17.7 Å². The maximum atomic E-state index is 11.2. The number of hydrogen-bond acceptors (Lipinski definition) is 5. The zero-order valence-electron chi connectivity index (χ0n) is 12.1. The standard InChI is InChI=1S/C13H20N4O3/c1-7(2)10-15-5-8(9(17-10)11(18)19)16-6-13(3,4)12(14)20/h5,7,16H,6H2,1-4H3,(H2,14,20)(H,18,19). The molecule has 1 rings (SSSR count). The Balaban J connectivity index is 3.01. The van der Waals surface area contributed by atoms with E-state index >= 15 is 0 Å². The van der Waals surface area contributed by atoms with Gasteiger partial charge in [0.15, 0.2) is 5.69 Å². The Morgan fingerprint density at radius 2 is 2.05 bits per heavy atom. The van der Waals surface area contributed by atoms with Crippen LogP contribution in [0.1, 0.15) is 49.9 Å². The summed E-state index contributed by atoms with van der Waals surface area (Å²) in [6, 6.07) is 0. The third-order valence-electron chi connectivity index (χ3n) is 2.91. The van der Waals surface area contributed by atoms with Gasteiger partial charge in [-0.15, -0.1) is 0 Å². The third kappa shape index (κ3) is 3.66. The number of carbonyl (C=O) groups is 2. The number of nitrogens with two attached hydrogens (primary N) is 1. The molecule has 110 valence electrons. The van der Waals surface area contributed by atoms with Crippen LogP contribution in [0.3, 0.4) is 0 Å². The lowest BCUT2D eigenvalue weighted by atomic mass is 9.92. The van der Waals surface area contributed by atoms with Gasteiger partial charge in [-0.3, -0.25) is 4.79 Å². The van der Waals surface area contributed by atoms with Crippen molar-refractivity contribution in [2.75, 3.05) is 11.9 Å². The highest BCUT2D eigenvalue weighted by atomic mass is 16.4. The lowest BCUT2D eigenvalue weighted by molar-refractivity contribution is -0.125. The SMILES string of the molecule is CC(C)c1ncc(NCC(C)(C)C(N)=O)c(C(=O)O)n1. The van der Waals surface area contributed by atoms with Crippen LogP contribution in [0.2, 0.25) is 0 Å². The molecule has 0 fully saturated rings. The fraction of sp³-hybridized carbons (Fsp3) is 0.538. The zero-order valence-corrected chi connectivity index (χ0v) is 12.1. The Labute approximate surface area is 117 Å². The highest BCUT2D eigenvalue weighted by Crippen LogP contribution is 2.20. The van der Waals surface area contributed by atoms with Crippen LogP contribution in [0, 0.1) is 5.41 Å². The smallest absolute Gasteiger partial charge is 0.356 e. The molecule has 0 aromatic carbocycles. The molecule has 1 aromatic heterocycles. The third-order valence-corrected chi connectivity index (χ3v) is 2.91.